The molecule has 4 heteroatoms. The Balaban J connectivity index is 2.26. The minimum Gasteiger partial charge on any atom is -0.462 e. The van der Waals surface area contributed by atoms with E-state index in [1.165, 1.54) is 0 Å². The van der Waals surface area contributed by atoms with Crippen molar-refractivity contribution in [3.63, 3.8) is 0 Å². The van der Waals surface area contributed by atoms with Crippen molar-refractivity contribution in [3.8, 4) is 0 Å². The summed E-state index contributed by atoms with van der Waals surface area (Å²) in [5.74, 6) is 1.80. The van der Waals surface area contributed by atoms with Crippen molar-refractivity contribution in [2.24, 2.45) is 0 Å². The number of furan rings is 1. The fraction of sp³-hybridized carbons (Fsp3) is 0.385. The molecule has 0 fully saturated rings. The van der Waals surface area contributed by atoms with E-state index < -0.39 is 11.0 Å². The Labute approximate surface area is 104 Å². The van der Waals surface area contributed by atoms with Gasteiger partial charge in [-0.15, -0.1) is 0 Å². The smallest absolute Gasteiger partial charge is 0.130 e. The predicted molar refractivity (Wildman–Crippen MR) is 70.6 cm³/mol. The molecule has 1 aliphatic carbocycles. The Morgan fingerprint density at radius 2 is 2.12 bits per heavy atom. The third-order valence-electron chi connectivity index (χ3n) is 2.67. The van der Waals surface area contributed by atoms with Crippen LogP contribution in [0.4, 0.5) is 0 Å². The van der Waals surface area contributed by atoms with Gasteiger partial charge in [-0.25, -0.2) is 8.51 Å². The Bertz CT molecular complexity index is 497. The van der Waals surface area contributed by atoms with Gasteiger partial charge in [0.15, 0.2) is 0 Å². The lowest BCUT2D eigenvalue weighted by molar-refractivity contribution is 0.519. The standard InChI is InChI=1S/C13H17NO2S/c1-10-7-8-13(16-10)11-5-4-6-12(9-11)17(15)14(2)3/h6-9H,4-5H2,1-3H3. The first-order valence-corrected chi connectivity index (χ1v) is 6.75. The summed E-state index contributed by atoms with van der Waals surface area (Å²) in [4.78, 5) is 0.866. The van der Waals surface area contributed by atoms with E-state index in [0.29, 0.717) is 0 Å². The maximum absolute atomic E-state index is 12.0. The number of rotatable bonds is 3. The van der Waals surface area contributed by atoms with Gasteiger partial charge in [0.05, 0.1) is 4.91 Å². The Kier molecular flexibility index (Phi) is 3.64. The lowest BCUT2D eigenvalue weighted by Gasteiger charge is -2.15. The van der Waals surface area contributed by atoms with Crippen LogP contribution in [0.15, 0.2) is 33.6 Å². The highest BCUT2D eigenvalue weighted by Crippen LogP contribution is 2.29. The molecule has 1 aliphatic rings. The molecule has 3 nitrogen and oxygen atoms in total. The van der Waals surface area contributed by atoms with E-state index in [1.807, 2.05) is 45.3 Å². The molecule has 0 saturated carbocycles. The van der Waals surface area contributed by atoms with Crippen molar-refractivity contribution < 1.29 is 8.63 Å². The number of nitrogens with zero attached hydrogens (tertiary/aromatic N) is 1. The van der Waals surface area contributed by atoms with Gasteiger partial charge in [-0.3, -0.25) is 0 Å². The third kappa shape index (κ3) is 2.76. The molecule has 0 saturated heterocycles. The number of aryl methyl sites for hydroxylation is 1. The average molecular weight is 251 g/mol. The maximum Gasteiger partial charge on any atom is 0.130 e. The third-order valence-corrected chi connectivity index (χ3v) is 4.02. The van der Waals surface area contributed by atoms with Gasteiger partial charge in [-0.1, -0.05) is 6.08 Å². The summed E-state index contributed by atoms with van der Waals surface area (Å²) in [6.45, 7) is 1.93. The molecule has 1 aromatic heterocycles. The Morgan fingerprint density at radius 1 is 1.35 bits per heavy atom. The van der Waals surface area contributed by atoms with E-state index in [0.717, 1.165) is 34.8 Å². The topological polar surface area (TPSA) is 33.5 Å². The summed E-state index contributed by atoms with van der Waals surface area (Å²) in [6, 6.07) is 3.93. The second-order valence-electron chi connectivity index (χ2n) is 4.29. The molecule has 1 aromatic rings. The zero-order valence-corrected chi connectivity index (χ0v) is 11.2. The first kappa shape index (κ1) is 12.3. The minimum absolute atomic E-state index is 0.866. The quantitative estimate of drug-likeness (QED) is 0.827. The van der Waals surface area contributed by atoms with Crippen molar-refractivity contribution >= 4 is 16.6 Å². The average Bonchev–Trinajstić information content (AvgIpc) is 2.75. The van der Waals surface area contributed by atoms with Crippen molar-refractivity contribution in [1.82, 2.24) is 4.31 Å². The van der Waals surface area contributed by atoms with Crippen LogP contribution >= 0.6 is 0 Å². The second kappa shape index (κ2) is 5.02. The first-order chi connectivity index (χ1) is 8.08. The summed E-state index contributed by atoms with van der Waals surface area (Å²) >= 11 is 0. The molecule has 0 aromatic carbocycles. The molecular formula is C13H17NO2S. The van der Waals surface area contributed by atoms with Gasteiger partial charge in [0, 0.05) is 0 Å². The van der Waals surface area contributed by atoms with Crippen LogP contribution in [-0.2, 0) is 11.0 Å². The van der Waals surface area contributed by atoms with Crippen molar-refractivity contribution in [2.75, 3.05) is 14.1 Å². The van der Waals surface area contributed by atoms with Crippen molar-refractivity contribution in [3.05, 3.63) is 40.7 Å². The number of allylic oxidation sites excluding steroid dienone is 3. The van der Waals surface area contributed by atoms with E-state index in [4.69, 9.17) is 4.42 Å². The molecule has 2 rings (SSSR count). The molecule has 0 aliphatic heterocycles. The fourth-order valence-electron chi connectivity index (χ4n) is 1.81. The van der Waals surface area contributed by atoms with E-state index in [1.54, 1.807) is 4.31 Å². The lowest BCUT2D eigenvalue weighted by atomic mass is 10.0. The van der Waals surface area contributed by atoms with Gasteiger partial charge in [-0.05, 0) is 57.6 Å². The lowest BCUT2D eigenvalue weighted by Crippen LogP contribution is -2.17. The minimum atomic E-state index is -1.07. The normalized spacial score (nSPS) is 17.9. The zero-order valence-electron chi connectivity index (χ0n) is 10.4. The fourth-order valence-corrected chi connectivity index (χ4v) is 2.73. The summed E-state index contributed by atoms with van der Waals surface area (Å²) in [6.07, 6.45) is 5.88. The van der Waals surface area contributed by atoms with E-state index in [2.05, 4.69) is 0 Å². The molecule has 1 atom stereocenters. The highest BCUT2D eigenvalue weighted by Gasteiger charge is 2.15. The van der Waals surface area contributed by atoms with Crippen LogP contribution in [-0.4, -0.2) is 22.6 Å². The van der Waals surface area contributed by atoms with Gasteiger partial charge in [0.2, 0.25) is 0 Å². The van der Waals surface area contributed by atoms with Gasteiger partial charge in [0.25, 0.3) is 0 Å². The number of hydrogen-bond donors (Lipinski definition) is 0. The van der Waals surface area contributed by atoms with Crippen LogP contribution in [0.3, 0.4) is 0 Å². The molecule has 0 bridgehead atoms. The van der Waals surface area contributed by atoms with E-state index >= 15 is 0 Å². The summed E-state index contributed by atoms with van der Waals surface area (Å²) in [7, 11) is 2.56. The summed E-state index contributed by atoms with van der Waals surface area (Å²) < 4.78 is 19.3. The number of hydrogen-bond acceptors (Lipinski definition) is 2. The highest BCUT2D eigenvalue weighted by molar-refractivity contribution is 7.86. The molecule has 1 unspecified atom stereocenters. The van der Waals surface area contributed by atoms with Crippen molar-refractivity contribution in [2.45, 2.75) is 19.8 Å². The SMILES string of the molecule is Cc1ccc(C2=CC(S(=O)N(C)C)=CCC2)o1. The van der Waals surface area contributed by atoms with Gasteiger partial charge < -0.3 is 4.42 Å². The molecular weight excluding hydrogens is 234 g/mol. The van der Waals surface area contributed by atoms with Crippen LogP contribution in [0.1, 0.15) is 24.4 Å². The molecule has 0 amide bonds. The van der Waals surface area contributed by atoms with Crippen LogP contribution < -0.4 is 0 Å². The Hall–Kier alpha value is -1.13. The van der Waals surface area contributed by atoms with Gasteiger partial charge in [0.1, 0.15) is 22.5 Å². The Morgan fingerprint density at radius 3 is 2.71 bits per heavy atom. The molecule has 92 valence electrons. The van der Waals surface area contributed by atoms with Crippen LogP contribution in [0.25, 0.3) is 5.57 Å². The molecule has 17 heavy (non-hydrogen) atoms. The van der Waals surface area contributed by atoms with E-state index in [-0.39, 0.29) is 0 Å². The highest BCUT2D eigenvalue weighted by atomic mass is 32.2. The maximum atomic E-state index is 12.0. The summed E-state index contributed by atoms with van der Waals surface area (Å²) in [5.41, 5.74) is 1.13. The molecule has 0 radical (unpaired) electrons. The second-order valence-corrected chi connectivity index (χ2v) is 5.99. The van der Waals surface area contributed by atoms with Crippen LogP contribution in [0, 0.1) is 6.92 Å². The summed E-state index contributed by atoms with van der Waals surface area (Å²) in [5, 5.41) is 0. The largest absolute Gasteiger partial charge is 0.462 e. The predicted octanol–water partition coefficient (Wildman–Crippen LogP) is 2.87. The molecule has 0 N–H and O–H groups in total. The van der Waals surface area contributed by atoms with Crippen LogP contribution in [0.2, 0.25) is 0 Å². The van der Waals surface area contributed by atoms with E-state index in [9.17, 15) is 4.21 Å². The van der Waals surface area contributed by atoms with Gasteiger partial charge in [-0.2, -0.15) is 0 Å². The molecule has 1 heterocycles. The van der Waals surface area contributed by atoms with Gasteiger partial charge >= 0.3 is 0 Å². The van der Waals surface area contributed by atoms with Crippen molar-refractivity contribution in [1.29, 1.82) is 0 Å². The molecule has 0 spiro atoms. The monoisotopic (exact) mass is 251 g/mol. The first-order valence-electron chi connectivity index (χ1n) is 5.64. The zero-order chi connectivity index (χ0) is 12.4. The van der Waals surface area contributed by atoms with Crippen LogP contribution in [0.5, 0.6) is 0 Å².